The standard InChI is InChI=1S/C27H25F3N6O2.C18H14ClF3N6O2.C17H11Cl2F3N6O.CH3O.Na/c1-15(2)18-7-5-6-8-19(18)22-33-24-21(25(34-22)38-4)32-26(37)36(24)13-16-9-11-17(12-10-16)23-31-20(14-35(23)3)27(28,29)30;1-27-8-11(18(20,21)22)23-13(27)10-5-3-9(4-6-10)7-28-14-12(24-17(28)29)15(30-2)26-16(19)25-14;1-27-7-10(17(20,21)22)23-13(27)9-4-2-8(3-5-9)6-28-14-11(24-16(28)29)12(18)25-15(19)26-14;1-2;/h5-12,14-15H,13H2,1-4H3,(H,32,37);3-6,8H,7H2,1-2H3,(H,24,29);2-5,7H,6H2,1H3,(H,24,29);1H3;/q;;;-1;+1. The fraction of sp³-hybridized carbons (Fsp3) is 0.238. The molecular weight excluding hydrogens is 1410 g/mol. The number of hydrogen-bond donors (Lipinski definition) is 3. The SMILES string of the molecule is COc1nc(-c2ccccc2C(C)C)nc2c1[nH]c(=O)n2Cc1ccc(-c2nc(C(F)(F)F)cn2C)cc1.COc1nc(Cl)nc2c1[nH]c(=O)n2Cc1ccc(-c2nc(C(F)(F)F)cn2C)cc1.C[O-].Cn1cc(C(F)(F)F)nc1-c1ccc(Cn2c(=O)[nH]c3c(Cl)nc(Cl)nc32)cc1.[Na+]. The van der Waals surface area contributed by atoms with Gasteiger partial charge in [-0.05, 0) is 51.4 Å². The van der Waals surface area contributed by atoms with E-state index >= 15 is 0 Å². The Balaban J connectivity index is 0.000000174. The quantitative estimate of drug-likeness (QED) is 0.0422. The van der Waals surface area contributed by atoms with E-state index in [0.29, 0.717) is 44.8 Å². The molecule has 100 heavy (non-hydrogen) atoms. The molecule has 0 radical (unpaired) electrons. The molecule has 24 nitrogen and oxygen atoms in total. The van der Waals surface area contributed by atoms with Crippen LogP contribution in [0.5, 0.6) is 11.8 Å². The summed E-state index contributed by atoms with van der Waals surface area (Å²) in [5.74, 6) is 1.63. The average Bonchev–Trinajstić information content (AvgIpc) is 1.63. The van der Waals surface area contributed by atoms with Gasteiger partial charge in [0.15, 0.2) is 45.0 Å². The number of halogens is 12. The van der Waals surface area contributed by atoms with Gasteiger partial charge in [-0.1, -0.05) is 123 Å². The van der Waals surface area contributed by atoms with Crippen molar-refractivity contribution < 1.29 is 83.7 Å². The number of aryl methyl sites for hydroxylation is 3. The van der Waals surface area contributed by atoms with E-state index in [1.165, 1.54) is 62.8 Å². The molecule has 4 aromatic carbocycles. The predicted molar refractivity (Wildman–Crippen MR) is 346 cm³/mol. The first kappa shape index (κ1) is 74.6. The van der Waals surface area contributed by atoms with Gasteiger partial charge in [0.2, 0.25) is 22.3 Å². The maximum absolute atomic E-state index is 13.1. The van der Waals surface area contributed by atoms with Crippen molar-refractivity contribution in [2.75, 3.05) is 21.3 Å². The zero-order chi connectivity index (χ0) is 71.7. The van der Waals surface area contributed by atoms with Gasteiger partial charge in [-0.3, -0.25) is 23.7 Å². The van der Waals surface area contributed by atoms with Crippen molar-refractivity contribution in [3.05, 3.63) is 202 Å². The fourth-order valence-electron chi connectivity index (χ4n) is 10.5. The van der Waals surface area contributed by atoms with Gasteiger partial charge >= 0.3 is 65.2 Å². The number of nitrogens with zero attached hydrogens (tertiary/aromatic N) is 15. The Hall–Kier alpha value is -9.64. The summed E-state index contributed by atoms with van der Waals surface area (Å²) in [5.41, 5.74) is 3.40. The van der Waals surface area contributed by atoms with Crippen molar-refractivity contribution >= 4 is 68.3 Å². The molecule has 0 aliphatic rings. The van der Waals surface area contributed by atoms with Crippen LogP contribution in [0.4, 0.5) is 39.5 Å². The molecule has 0 fully saturated rings. The van der Waals surface area contributed by atoms with E-state index in [-0.39, 0.29) is 123 Å². The molecule has 0 spiro atoms. The Labute approximate surface area is 595 Å². The van der Waals surface area contributed by atoms with Gasteiger partial charge in [-0.25, -0.2) is 39.3 Å². The second-order valence-corrected chi connectivity index (χ2v) is 23.0. The maximum Gasteiger partial charge on any atom is 1.00 e. The van der Waals surface area contributed by atoms with Crippen molar-refractivity contribution in [3.63, 3.8) is 0 Å². The molecule has 13 rings (SSSR count). The van der Waals surface area contributed by atoms with Gasteiger partial charge in [0.25, 0.3) is 0 Å². The molecule has 3 N–H and O–H groups in total. The normalized spacial score (nSPS) is 11.7. The molecule has 37 heteroatoms. The monoisotopic (exact) mass is 1460 g/mol. The van der Waals surface area contributed by atoms with Crippen LogP contribution in [0.15, 0.2) is 130 Å². The first-order valence-corrected chi connectivity index (χ1v) is 30.2. The first-order valence-electron chi connectivity index (χ1n) is 29.0. The molecule has 0 atom stereocenters. The summed E-state index contributed by atoms with van der Waals surface area (Å²) in [6, 6.07) is 28.0. The summed E-state index contributed by atoms with van der Waals surface area (Å²) in [7, 11) is 8.13. The second-order valence-electron chi connectivity index (χ2n) is 22.0. The molecule has 0 saturated carbocycles. The third-order valence-corrected chi connectivity index (χ3v) is 15.7. The largest absolute Gasteiger partial charge is 1.00 e. The summed E-state index contributed by atoms with van der Waals surface area (Å²) in [6.45, 7) is 4.65. The summed E-state index contributed by atoms with van der Waals surface area (Å²) < 4.78 is 135. The molecule has 0 saturated heterocycles. The number of imidazole rings is 6. The molecule has 0 amide bonds. The summed E-state index contributed by atoms with van der Waals surface area (Å²) in [6.07, 6.45) is -10.7. The number of hydrogen-bond acceptors (Lipinski definition) is 15. The van der Waals surface area contributed by atoms with E-state index in [1.807, 2.05) is 24.3 Å². The van der Waals surface area contributed by atoms with Crippen LogP contribution >= 0.6 is 34.8 Å². The Morgan fingerprint density at radius 1 is 0.460 bits per heavy atom. The summed E-state index contributed by atoms with van der Waals surface area (Å²) in [4.78, 5) is 81.7. The van der Waals surface area contributed by atoms with E-state index in [2.05, 4.69) is 68.7 Å². The minimum atomic E-state index is -4.52. The number of methoxy groups -OCH3 is 2. The summed E-state index contributed by atoms with van der Waals surface area (Å²) >= 11 is 17.7. The second kappa shape index (κ2) is 30.1. The number of benzene rings is 4. The molecule has 0 aliphatic carbocycles. The van der Waals surface area contributed by atoms with Crippen LogP contribution in [0.1, 0.15) is 59.1 Å². The first-order chi connectivity index (χ1) is 46.9. The number of alkyl halides is 9. The van der Waals surface area contributed by atoms with Crippen molar-refractivity contribution in [2.45, 2.75) is 57.9 Å². The minimum absolute atomic E-state index is 0. The zero-order valence-electron chi connectivity index (χ0n) is 53.9. The Bertz CT molecular complexity index is 5290. The minimum Gasteiger partial charge on any atom is -0.857 e. The number of ether oxygens (including phenoxy) is 2. The smallest absolute Gasteiger partial charge is 0.857 e. The van der Waals surface area contributed by atoms with Crippen molar-refractivity contribution in [1.29, 1.82) is 0 Å². The number of fused-ring (bicyclic) bond motifs is 3. The Morgan fingerprint density at radius 3 is 1.14 bits per heavy atom. The van der Waals surface area contributed by atoms with E-state index < -0.39 is 47.0 Å². The number of aromatic nitrogens is 18. The van der Waals surface area contributed by atoms with Crippen LogP contribution in [0, 0.1) is 0 Å². The van der Waals surface area contributed by atoms with E-state index in [9.17, 15) is 53.9 Å². The fourth-order valence-corrected chi connectivity index (χ4v) is 11.0. The van der Waals surface area contributed by atoms with Gasteiger partial charge in [-0.15, -0.1) is 0 Å². The van der Waals surface area contributed by atoms with Crippen LogP contribution in [0.25, 0.3) is 79.0 Å². The molecule has 13 aromatic rings. The van der Waals surface area contributed by atoms with Crippen molar-refractivity contribution in [3.8, 4) is 57.3 Å². The third kappa shape index (κ3) is 16.0. The van der Waals surface area contributed by atoms with Crippen molar-refractivity contribution in [2.24, 2.45) is 21.1 Å². The van der Waals surface area contributed by atoms with Gasteiger partial charge in [0, 0.05) is 62.0 Å². The number of rotatable bonds is 13. The molecule has 0 unspecified atom stereocenters. The van der Waals surface area contributed by atoms with Gasteiger partial charge in [0.05, 0.1) is 33.9 Å². The average molecular weight is 1460 g/mol. The van der Waals surface area contributed by atoms with Crippen molar-refractivity contribution in [1.82, 2.24) is 87.2 Å². The Morgan fingerprint density at radius 2 is 0.790 bits per heavy atom. The third-order valence-electron chi connectivity index (χ3n) is 15.1. The number of H-pyrrole nitrogens is 3. The molecule has 516 valence electrons. The molecular formula is C63H53Cl3F9N18NaO6. The van der Waals surface area contributed by atoms with Crippen LogP contribution in [0.3, 0.4) is 0 Å². The molecule has 0 aliphatic heterocycles. The van der Waals surface area contributed by atoms with Crippen LogP contribution in [0.2, 0.25) is 15.7 Å². The molecule has 9 heterocycles. The van der Waals surface area contributed by atoms with E-state index in [1.54, 1.807) is 72.8 Å². The zero-order valence-corrected chi connectivity index (χ0v) is 58.1. The molecule has 0 bridgehead atoms. The topological polar surface area (TPSA) is 286 Å². The predicted octanol–water partition coefficient (Wildman–Crippen LogP) is 8.51. The number of aromatic amines is 3. The van der Waals surface area contributed by atoms with Crippen LogP contribution < -0.4 is 61.2 Å². The van der Waals surface area contributed by atoms with E-state index in [0.717, 1.165) is 48.0 Å². The summed E-state index contributed by atoms with van der Waals surface area (Å²) in [5, 5.41) is 8.11. The molecule has 9 aromatic heterocycles. The van der Waals surface area contributed by atoms with E-state index in [4.69, 9.17) is 54.4 Å². The Kier molecular flexibility index (Phi) is 22.4. The van der Waals surface area contributed by atoms with Gasteiger partial charge in [-0.2, -0.15) is 66.6 Å². The van der Waals surface area contributed by atoms with Crippen LogP contribution in [-0.4, -0.2) is 109 Å². The maximum atomic E-state index is 13.1. The van der Waals surface area contributed by atoms with Crippen LogP contribution in [-0.2, 0) is 59.3 Å². The van der Waals surface area contributed by atoms with Gasteiger partial charge in [0.1, 0.15) is 34.0 Å². The van der Waals surface area contributed by atoms with Gasteiger partial charge < -0.3 is 33.3 Å². The number of nitrogens with one attached hydrogen (secondary N) is 3.